The van der Waals surface area contributed by atoms with E-state index in [2.05, 4.69) is 0 Å². The smallest absolute Gasteiger partial charge is 0.281 e. The third-order valence-corrected chi connectivity index (χ3v) is 4.99. The van der Waals surface area contributed by atoms with Gasteiger partial charge in [0.15, 0.2) is 20.1 Å². The van der Waals surface area contributed by atoms with E-state index in [-0.39, 0.29) is 0 Å². The lowest BCUT2D eigenvalue weighted by molar-refractivity contribution is 0.449. The minimum absolute atomic E-state index is 0.426. The van der Waals surface area contributed by atoms with Crippen LogP contribution in [0.5, 0.6) is 0 Å². The Labute approximate surface area is 86.7 Å². The van der Waals surface area contributed by atoms with E-state index in [1.165, 1.54) is 0 Å². The lowest BCUT2D eigenvalue weighted by Crippen LogP contribution is -1.98. The van der Waals surface area contributed by atoms with Crippen LogP contribution >= 0.6 is 11.3 Å². The highest BCUT2D eigenvalue weighted by Gasteiger charge is 2.31. The van der Waals surface area contributed by atoms with Crippen molar-refractivity contribution in [2.24, 2.45) is 0 Å². The van der Waals surface area contributed by atoms with Crippen LogP contribution in [0.15, 0.2) is 8.42 Å². The molecule has 1 rings (SSSR count). The predicted octanol–water partition coefficient (Wildman–Crippen LogP) is 0.520. The van der Waals surface area contributed by atoms with Gasteiger partial charge in [0.25, 0.3) is 0 Å². The third-order valence-electron chi connectivity index (χ3n) is 1.21. The molecule has 0 unspecified atom stereocenters. The largest absolute Gasteiger partial charge is 0.307 e. The highest BCUT2D eigenvalue weighted by molar-refractivity contribution is 7.90. The summed E-state index contributed by atoms with van der Waals surface area (Å²) in [4.78, 5) is 0. The zero-order chi connectivity index (χ0) is 12.0. The van der Waals surface area contributed by atoms with E-state index in [0.717, 1.165) is 0 Å². The summed E-state index contributed by atoms with van der Waals surface area (Å²) in [5.41, 5.74) is 0. The van der Waals surface area contributed by atoms with E-state index >= 15 is 0 Å². The van der Waals surface area contributed by atoms with Gasteiger partial charge in [-0.1, -0.05) is 0 Å². The van der Waals surface area contributed by atoms with E-state index < -0.39 is 51.6 Å². The summed E-state index contributed by atoms with van der Waals surface area (Å²) in [5, 5.41) is 0. The molecule has 1 aromatic heterocycles. The maximum Gasteiger partial charge on any atom is 0.307 e. The van der Waals surface area contributed by atoms with Gasteiger partial charge in [0.2, 0.25) is 0 Å². The van der Waals surface area contributed by atoms with Gasteiger partial charge in [0, 0.05) is 0 Å². The monoisotopic (exact) mass is 280 g/mol. The summed E-state index contributed by atoms with van der Waals surface area (Å²) in [6.07, 6.45) is 0. The Morgan fingerprint density at radius 3 is 1.27 bits per heavy atom. The van der Waals surface area contributed by atoms with Gasteiger partial charge in [-0.25, -0.2) is 8.78 Å². The first-order valence-corrected chi connectivity index (χ1v) is 6.67. The zero-order valence-electron chi connectivity index (χ0n) is 6.51. The summed E-state index contributed by atoms with van der Waals surface area (Å²) in [6.45, 7) is 0. The third kappa shape index (κ3) is 2.31. The first-order chi connectivity index (χ1) is 6.55. The molecule has 0 aliphatic carbocycles. The number of hydrogen-bond acceptors (Lipinski definition) is 5. The molecule has 0 spiro atoms. The Bertz CT molecular complexity index is 544. The molecule has 0 bridgehead atoms. The first-order valence-electron chi connectivity index (χ1n) is 2.98. The van der Waals surface area contributed by atoms with E-state index in [1.54, 1.807) is 0 Å². The maximum absolute atomic E-state index is 12.8. The van der Waals surface area contributed by atoms with Crippen molar-refractivity contribution in [1.29, 1.82) is 0 Å². The molecular weight excluding hydrogens is 278 g/mol. The molecule has 0 saturated heterocycles. The van der Waals surface area contributed by atoms with Crippen LogP contribution in [-0.2, 0) is 20.2 Å². The van der Waals surface area contributed by atoms with Crippen molar-refractivity contribution >= 4 is 31.6 Å². The van der Waals surface area contributed by atoms with Crippen LogP contribution in [-0.4, -0.2) is 25.9 Å². The van der Waals surface area contributed by atoms with Gasteiger partial charge in [-0.2, -0.15) is 16.8 Å². The molecule has 0 amide bonds. The van der Waals surface area contributed by atoms with Crippen LogP contribution < -0.4 is 0 Å². The molecule has 86 valence electrons. The van der Waals surface area contributed by atoms with Crippen LogP contribution in [0.25, 0.3) is 0 Å². The summed E-state index contributed by atoms with van der Waals surface area (Å²) in [5.74, 6) is -4.09. The van der Waals surface area contributed by atoms with E-state index in [1.807, 2.05) is 0 Å². The standard InChI is InChI=1S/C4H2F2O6S3/c5-1-2(6)4(15(10,11)12)13-3(1)14(7,8)9/h(H,7,8,9)(H,10,11,12). The molecular formula is C4H2F2O6S3. The van der Waals surface area contributed by atoms with Crippen molar-refractivity contribution < 1.29 is 34.7 Å². The van der Waals surface area contributed by atoms with Gasteiger partial charge in [-0.15, -0.1) is 11.3 Å². The minimum Gasteiger partial charge on any atom is -0.281 e. The molecule has 11 heteroatoms. The van der Waals surface area contributed by atoms with E-state index in [0.29, 0.717) is 0 Å². The summed E-state index contributed by atoms with van der Waals surface area (Å²) in [7, 11) is -10.1. The first kappa shape index (κ1) is 12.4. The normalized spacial score (nSPS) is 13.1. The Kier molecular flexibility index (Phi) is 2.86. The topological polar surface area (TPSA) is 109 Å². The van der Waals surface area contributed by atoms with Gasteiger partial charge >= 0.3 is 20.2 Å². The van der Waals surface area contributed by atoms with Gasteiger partial charge in [0.1, 0.15) is 0 Å². The molecule has 0 aromatic carbocycles. The Hall–Kier alpha value is -0.620. The van der Waals surface area contributed by atoms with Gasteiger partial charge in [-0.3, -0.25) is 9.11 Å². The molecule has 0 atom stereocenters. The molecule has 15 heavy (non-hydrogen) atoms. The second-order valence-corrected chi connectivity index (χ2v) is 6.51. The number of rotatable bonds is 2. The highest BCUT2D eigenvalue weighted by atomic mass is 32.3. The molecule has 0 radical (unpaired) electrons. The Morgan fingerprint density at radius 2 is 1.13 bits per heavy atom. The SMILES string of the molecule is O=S(=O)(O)c1sc(S(=O)(=O)O)c(F)c1F. The van der Waals surface area contributed by atoms with Crippen LogP contribution in [0.2, 0.25) is 0 Å². The minimum atomic E-state index is -5.07. The zero-order valence-corrected chi connectivity index (χ0v) is 8.96. The molecule has 6 nitrogen and oxygen atoms in total. The van der Waals surface area contributed by atoms with Gasteiger partial charge in [0.05, 0.1) is 0 Å². The molecule has 0 fully saturated rings. The Morgan fingerprint density at radius 1 is 0.867 bits per heavy atom. The molecule has 1 aromatic rings. The average molecular weight is 280 g/mol. The van der Waals surface area contributed by atoms with Crippen LogP contribution in [0.4, 0.5) is 8.78 Å². The molecule has 0 aliphatic rings. The van der Waals surface area contributed by atoms with Crippen LogP contribution in [0.1, 0.15) is 0 Å². The predicted molar refractivity (Wildman–Crippen MR) is 43.9 cm³/mol. The molecule has 1 heterocycles. The number of halogens is 2. The van der Waals surface area contributed by atoms with Crippen molar-refractivity contribution in [2.45, 2.75) is 8.42 Å². The summed E-state index contributed by atoms with van der Waals surface area (Å²) in [6, 6.07) is 0. The van der Waals surface area contributed by atoms with E-state index in [4.69, 9.17) is 9.11 Å². The quantitative estimate of drug-likeness (QED) is 0.764. The lowest BCUT2D eigenvalue weighted by atomic mass is 10.6. The molecule has 0 aliphatic heterocycles. The summed E-state index contributed by atoms with van der Waals surface area (Å²) >= 11 is -0.426. The van der Waals surface area contributed by atoms with Crippen molar-refractivity contribution in [3.63, 3.8) is 0 Å². The van der Waals surface area contributed by atoms with Crippen LogP contribution in [0, 0.1) is 11.6 Å². The van der Waals surface area contributed by atoms with Crippen molar-refractivity contribution in [3.05, 3.63) is 11.6 Å². The van der Waals surface area contributed by atoms with Crippen molar-refractivity contribution in [3.8, 4) is 0 Å². The van der Waals surface area contributed by atoms with Gasteiger partial charge < -0.3 is 0 Å². The summed E-state index contributed by atoms with van der Waals surface area (Å²) < 4.78 is 81.0. The number of hydrogen-bond donors (Lipinski definition) is 2. The highest BCUT2D eigenvalue weighted by Crippen LogP contribution is 2.32. The lowest BCUT2D eigenvalue weighted by Gasteiger charge is -1.88. The average Bonchev–Trinajstić information content (AvgIpc) is 2.26. The second-order valence-electron chi connectivity index (χ2n) is 2.26. The fraction of sp³-hybridized carbons (Fsp3) is 0. The number of thiophene rings is 1. The van der Waals surface area contributed by atoms with Gasteiger partial charge in [-0.05, 0) is 0 Å². The van der Waals surface area contributed by atoms with Crippen molar-refractivity contribution in [1.82, 2.24) is 0 Å². The van der Waals surface area contributed by atoms with Crippen LogP contribution in [0.3, 0.4) is 0 Å². The second kappa shape index (κ2) is 3.45. The van der Waals surface area contributed by atoms with Crippen molar-refractivity contribution in [2.75, 3.05) is 0 Å². The fourth-order valence-electron chi connectivity index (χ4n) is 0.685. The molecule has 0 saturated carbocycles. The fourth-order valence-corrected chi connectivity index (χ4v) is 3.34. The van der Waals surface area contributed by atoms with E-state index in [9.17, 15) is 25.6 Å². The Balaban J connectivity index is 3.67. The maximum atomic E-state index is 12.8. The molecule has 2 N–H and O–H groups in total.